The van der Waals surface area contributed by atoms with Crippen molar-refractivity contribution in [2.75, 3.05) is 18.5 Å². The van der Waals surface area contributed by atoms with Gasteiger partial charge in [-0.25, -0.2) is 4.98 Å². The number of benzene rings is 2. The molecule has 10 heteroatoms. The average molecular weight is 494 g/mol. The number of aliphatic hydroxyl groups excluding tert-OH is 1. The fraction of sp³-hybridized carbons (Fsp3) is 0.192. The topological polar surface area (TPSA) is 93.2 Å². The van der Waals surface area contributed by atoms with Crippen LogP contribution >= 0.6 is 0 Å². The maximum atomic E-state index is 13.9. The van der Waals surface area contributed by atoms with Crippen LogP contribution in [0.15, 0.2) is 64.3 Å². The molecule has 0 amide bonds. The number of aryl methyl sites for hydroxylation is 1. The summed E-state index contributed by atoms with van der Waals surface area (Å²) in [5.74, 6) is 5.49. The number of nitrogens with one attached hydrogen (secondary N) is 1. The third kappa shape index (κ3) is 5.16. The zero-order valence-corrected chi connectivity index (χ0v) is 19.3. The van der Waals surface area contributed by atoms with Crippen molar-refractivity contribution in [2.45, 2.75) is 20.0 Å². The number of hydrogen-bond acceptors (Lipinski definition) is 6. The molecule has 0 unspecified atom stereocenters. The first kappa shape index (κ1) is 24.8. The van der Waals surface area contributed by atoms with Gasteiger partial charge in [-0.15, -0.1) is 0 Å². The first-order chi connectivity index (χ1) is 17.2. The molecule has 0 radical (unpaired) electrons. The number of alkyl halides is 3. The molecule has 0 aliphatic heterocycles. The van der Waals surface area contributed by atoms with E-state index in [4.69, 9.17) is 9.52 Å². The molecule has 4 aromatic rings. The van der Waals surface area contributed by atoms with Gasteiger partial charge in [-0.2, -0.15) is 23.0 Å². The van der Waals surface area contributed by atoms with Gasteiger partial charge in [0.15, 0.2) is 12.2 Å². The maximum Gasteiger partial charge on any atom is 0.418 e. The Balaban J connectivity index is 1.99. The quantitative estimate of drug-likeness (QED) is 0.392. The maximum absolute atomic E-state index is 13.9. The van der Waals surface area contributed by atoms with Crippen LogP contribution in [-0.2, 0) is 6.18 Å². The van der Waals surface area contributed by atoms with Crippen molar-refractivity contribution in [3.05, 3.63) is 82.1 Å². The molecule has 2 aromatic carbocycles. The van der Waals surface area contributed by atoms with E-state index in [0.717, 1.165) is 22.4 Å². The Labute approximate surface area is 204 Å². The van der Waals surface area contributed by atoms with Gasteiger partial charge in [-0.1, -0.05) is 11.8 Å². The first-order valence-electron chi connectivity index (χ1n) is 10.9. The summed E-state index contributed by atoms with van der Waals surface area (Å²) in [6, 6.07) is 10.1. The second kappa shape index (κ2) is 10.1. The smallest absolute Gasteiger partial charge is 0.418 e. The molecule has 0 aliphatic rings. The molecule has 2 aromatic heterocycles. The minimum atomic E-state index is -4.75. The van der Waals surface area contributed by atoms with E-state index in [1.165, 1.54) is 18.5 Å². The number of nitrogens with zero attached hydrogens (tertiary/aromatic N) is 3. The molecule has 0 spiro atoms. The number of aliphatic hydroxyl groups is 1. The van der Waals surface area contributed by atoms with Gasteiger partial charge in [-0.05, 0) is 61.9 Å². The van der Waals surface area contributed by atoms with Crippen molar-refractivity contribution in [1.82, 2.24) is 14.8 Å². The van der Waals surface area contributed by atoms with E-state index in [1.807, 2.05) is 13.0 Å². The highest BCUT2D eigenvalue weighted by Gasteiger charge is 2.35. The third-order valence-corrected chi connectivity index (χ3v) is 5.21. The molecule has 0 atom stereocenters. The van der Waals surface area contributed by atoms with Gasteiger partial charge in [0.25, 0.3) is 5.56 Å². The summed E-state index contributed by atoms with van der Waals surface area (Å²) in [7, 11) is 0. The summed E-state index contributed by atoms with van der Waals surface area (Å²) < 4.78 is 47.9. The van der Waals surface area contributed by atoms with Gasteiger partial charge in [0, 0.05) is 23.2 Å². The van der Waals surface area contributed by atoms with Crippen LogP contribution in [0, 0.1) is 18.8 Å². The molecule has 0 aliphatic carbocycles. The van der Waals surface area contributed by atoms with Gasteiger partial charge < -0.3 is 14.8 Å². The molecule has 2 N–H and O–H groups in total. The van der Waals surface area contributed by atoms with Crippen molar-refractivity contribution in [3.63, 3.8) is 0 Å². The summed E-state index contributed by atoms with van der Waals surface area (Å²) in [5, 5.41) is 16.2. The molecule has 0 fully saturated rings. The van der Waals surface area contributed by atoms with Crippen LogP contribution in [0.5, 0.6) is 0 Å². The van der Waals surface area contributed by atoms with E-state index in [9.17, 15) is 18.0 Å². The Morgan fingerprint density at radius 1 is 1.14 bits per heavy atom. The Bertz CT molecular complexity index is 1510. The lowest BCUT2D eigenvalue weighted by Crippen LogP contribution is -2.27. The highest BCUT2D eigenvalue weighted by Crippen LogP contribution is 2.34. The number of rotatable bonds is 5. The fourth-order valence-electron chi connectivity index (χ4n) is 3.71. The lowest BCUT2D eigenvalue weighted by Gasteiger charge is -2.17. The van der Waals surface area contributed by atoms with Gasteiger partial charge in [-0.3, -0.25) is 4.79 Å². The van der Waals surface area contributed by atoms with Crippen LogP contribution in [0.2, 0.25) is 0 Å². The molecule has 0 saturated carbocycles. The van der Waals surface area contributed by atoms with Gasteiger partial charge in [0.1, 0.15) is 12.3 Å². The van der Waals surface area contributed by atoms with Crippen molar-refractivity contribution >= 4 is 5.69 Å². The van der Waals surface area contributed by atoms with Gasteiger partial charge in [0.05, 0.1) is 23.1 Å². The van der Waals surface area contributed by atoms with Crippen LogP contribution in [0.1, 0.15) is 23.6 Å². The van der Waals surface area contributed by atoms with Crippen molar-refractivity contribution in [2.24, 2.45) is 0 Å². The van der Waals surface area contributed by atoms with E-state index in [0.29, 0.717) is 23.4 Å². The van der Waals surface area contributed by atoms with Crippen LogP contribution in [0.4, 0.5) is 18.9 Å². The van der Waals surface area contributed by atoms with E-state index >= 15 is 0 Å². The molecule has 36 heavy (non-hydrogen) atoms. The minimum Gasteiger partial charge on any atom is -0.444 e. The largest absolute Gasteiger partial charge is 0.444 e. The highest BCUT2D eigenvalue weighted by molar-refractivity contribution is 5.71. The zero-order valence-electron chi connectivity index (χ0n) is 19.3. The molecular formula is C26H21F3N4O3. The second-order valence-electron chi connectivity index (χ2n) is 7.83. The minimum absolute atomic E-state index is 0.0881. The Morgan fingerprint density at radius 2 is 1.92 bits per heavy atom. The Morgan fingerprint density at radius 3 is 2.58 bits per heavy atom. The molecule has 0 saturated heterocycles. The van der Waals surface area contributed by atoms with Crippen LogP contribution in [-0.4, -0.2) is 33.0 Å². The predicted molar refractivity (Wildman–Crippen MR) is 129 cm³/mol. The van der Waals surface area contributed by atoms with Crippen LogP contribution < -0.4 is 10.9 Å². The normalized spacial score (nSPS) is 11.2. The number of oxazole rings is 1. The Hall–Kier alpha value is -4.36. The standard InChI is InChI=1S/C26H21F3N4O3/c1-3-31-22-13-21(18-9-16(2)10-19(12-18)24-14-30-15-36-24)32-33(25(22)35)23-11-17(5-4-8-34)6-7-20(23)26(27,28)29/h6-7,9-15,31,34H,3,8H2,1-2H3. The van der Waals surface area contributed by atoms with E-state index < -0.39 is 29.6 Å². The van der Waals surface area contributed by atoms with Crippen molar-refractivity contribution in [1.29, 1.82) is 0 Å². The lowest BCUT2D eigenvalue weighted by molar-refractivity contribution is -0.137. The first-order valence-corrected chi connectivity index (χ1v) is 10.9. The molecule has 184 valence electrons. The number of hydrogen-bond donors (Lipinski definition) is 2. The van der Waals surface area contributed by atoms with Crippen LogP contribution in [0.3, 0.4) is 0 Å². The molecule has 0 bridgehead atoms. The van der Waals surface area contributed by atoms with Crippen LogP contribution in [0.25, 0.3) is 28.3 Å². The molecule has 7 nitrogen and oxygen atoms in total. The van der Waals surface area contributed by atoms with Gasteiger partial charge >= 0.3 is 6.18 Å². The predicted octanol–water partition coefficient (Wildman–Crippen LogP) is 4.66. The molecular weight excluding hydrogens is 473 g/mol. The summed E-state index contributed by atoms with van der Waals surface area (Å²) >= 11 is 0. The fourth-order valence-corrected chi connectivity index (χ4v) is 3.71. The van der Waals surface area contributed by atoms with E-state index in [2.05, 4.69) is 27.2 Å². The second-order valence-corrected chi connectivity index (χ2v) is 7.83. The van der Waals surface area contributed by atoms with Crippen molar-refractivity contribution in [3.8, 4) is 40.1 Å². The summed E-state index contributed by atoms with van der Waals surface area (Å²) in [6.07, 6.45) is -1.91. The summed E-state index contributed by atoms with van der Waals surface area (Å²) in [5.41, 5.74) is 0.407. The summed E-state index contributed by atoms with van der Waals surface area (Å²) in [6.45, 7) is 3.53. The van der Waals surface area contributed by atoms with Gasteiger partial charge in [0.2, 0.25) is 0 Å². The van der Waals surface area contributed by atoms with Crippen molar-refractivity contribution < 1.29 is 22.7 Å². The molecule has 4 rings (SSSR count). The number of anilines is 1. The number of halogens is 3. The zero-order chi connectivity index (χ0) is 25.9. The third-order valence-electron chi connectivity index (χ3n) is 5.21. The molecule has 2 heterocycles. The summed E-state index contributed by atoms with van der Waals surface area (Å²) in [4.78, 5) is 17.2. The SMILES string of the molecule is CCNc1cc(-c2cc(C)cc(-c3cnco3)c2)nn(-c2cc(C#CCO)ccc2C(F)(F)F)c1=O. The van der Waals surface area contributed by atoms with E-state index in [1.54, 1.807) is 25.3 Å². The average Bonchev–Trinajstić information content (AvgIpc) is 3.38. The number of aromatic nitrogens is 3. The van der Waals surface area contributed by atoms with E-state index in [-0.39, 0.29) is 16.9 Å². The Kier molecular flexibility index (Phi) is 6.94. The monoisotopic (exact) mass is 494 g/mol. The highest BCUT2D eigenvalue weighted by atomic mass is 19.4. The lowest BCUT2D eigenvalue weighted by atomic mass is 10.0.